The normalized spacial score (nSPS) is 14.9. The van der Waals surface area contributed by atoms with Crippen LogP contribution in [0, 0.1) is 23.7 Å². The van der Waals surface area contributed by atoms with Gasteiger partial charge in [-0.3, -0.25) is 19.2 Å². The predicted molar refractivity (Wildman–Crippen MR) is 581 cm³/mol. The summed E-state index contributed by atoms with van der Waals surface area (Å²) in [6.07, 6.45) is 75.2. The third-order valence-corrected chi connectivity index (χ3v) is 33.2. The van der Waals surface area contributed by atoms with Crippen LogP contribution >= 0.6 is 125 Å². The van der Waals surface area contributed by atoms with Crippen molar-refractivity contribution in [3.8, 4) is 0 Å². The van der Waals surface area contributed by atoms with Crippen LogP contribution in [0.2, 0.25) is 0 Å². The molecule has 20 heteroatoms. The molecule has 4 atom stereocenters. The van der Waals surface area contributed by atoms with Gasteiger partial charge in [-0.2, -0.15) is 0 Å². The van der Waals surface area contributed by atoms with Crippen LogP contribution in [-0.2, 0) is 44.9 Å². The molecule has 4 aromatic heterocycles. The molecule has 4 aromatic rings. The van der Waals surface area contributed by atoms with E-state index in [1.807, 2.05) is 9.80 Å². The van der Waals surface area contributed by atoms with Crippen molar-refractivity contribution in [1.82, 2.24) is 19.6 Å². The Hall–Kier alpha value is -2.32. The topological polar surface area (TPSA) is 93.6 Å². The van der Waals surface area contributed by atoms with Gasteiger partial charge in [0, 0.05) is 26.2 Å². The van der Waals surface area contributed by atoms with Crippen molar-refractivity contribution in [2.45, 2.75) is 473 Å². The Morgan fingerprint density at radius 2 is 0.504 bits per heavy atom. The standard InChI is InChI=1S/C54H86Br2N2O2S2.C54H88N2O2S2.CHCl3.BHNS/c1-7-13-17-19-21-23-25-27-29-31-35-43-37-45(61-51(43)55)49-47-48(54(60)57(49)39-41(11-5)33-15-9-3)50(58(53(47)59)40-42(12-6)34-16-10-4)46-38-44(52(56)62-46)36-32-30-28-26-24-22-20-18-14-8-2;1-7-13-17-19-21-23-25-27-29-31-35-45-37-47(59-41-45)51-49-50(54(58)55(51)39-43(11-5)33-15-9-3)52(56(53(49)57)40-44(12-6)34-16-10-4)48-38-46(42-60-48)36-32-30-28-26-24-22-20-18-14-8-2;2-1(3)4;1-2-3/h37-38,41-42H,7-36,39-40H2,1-6H3;37-38,41-44H,7-36,39-40H2,1-6H3;1H;3H. The molecular weight excluding hydrogens is 1880 g/mol. The van der Waals surface area contributed by atoms with Gasteiger partial charge in [-0.15, -0.1) is 45.3 Å². The third kappa shape index (κ3) is 41.3. The molecule has 0 aliphatic carbocycles. The summed E-state index contributed by atoms with van der Waals surface area (Å²) >= 11 is 32.5. The summed E-state index contributed by atoms with van der Waals surface area (Å²) in [5.41, 5.74) is 11.5. The molecule has 0 aromatic carbocycles. The quantitative estimate of drug-likeness (QED) is 0.0206. The van der Waals surface area contributed by atoms with E-state index in [0.29, 0.717) is 72.1 Å². The second kappa shape index (κ2) is 71.2. The first kappa shape index (κ1) is 117. The van der Waals surface area contributed by atoms with Crippen molar-refractivity contribution in [3.05, 3.63) is 107 Å². The van der Waals surface area contributed by atoms with E-state index in [4.69, 9.17) is 34.8 Å². The minimum absolute atomic E-state index is 0.0268. The number of hydrogen-bond donors (Lipinski definition) is 1. The number of unbranched alkanes of at least 4 members (excludes halogenated alkanes) is 40. The van der Waals surface area contributed by atoms with Crippen molar-refractivity contribution < 1.29 is 19.2 Å². The molecule has 129 heavy (non-hydrogen) atoms. The van der Waals surface area contributed by atoms with Crippen LogP contribution < -0.4 is 0 Å². The van der Waals surface area contributed by atoms with Crippen molar-refractivity contribution in [2.75, 3.05) is 26.2 Å². The molecule has 4 aliphatic rings. The van der Waals surface area contributed by atoms with Gasteiger partial charge in [0.25, 0.3) is 23.6 Å². The number of hydrogen-bond acceptors (Lipinski definition) is 10. The van der Waals surface area contributed by atoms with E-state index in [9.17, 15) is 0 Å². The van der Waals surface area contributed by atoms with Gasteiger partial charge in [0.2, 0.25) is 0 Å². The molecule has 0 bridgehead atoms. The van der Waals surface area contributed by atoms with Crippen molar-refractivity contribution >= 4 is 179 Å². The van der Waals surface area contributed by atoms with Gasteiger partial charge in [0.15, 0.2) is 4.30 Å². The molecule has 9 nitrogen and oxygen atoms in total. The van der Waals surface area contributed by atoms with Crippen LogP contribution in [0.25, 0.3) is 22.8 Å². The number of amides is 4. The number of halogens is 5. The van der Waals surface area contributed by atoms with E-state index in [2.05, 4.69) is 185 Å². The molecule has 0 fully saturated rings. The van der Waals surface area contributed by atoms with Crippen LogP contribution in [0.4, 0.5) is 0 Å². The number of thiol groups is 1. The first-order valence-electron chi connectivity index (χ1n) is 52.7. The summed E-state index contributed by atoms with van der Waals surface area (Å²) in [6.45, 7) is 29.9. The molecule has 0 saturated carbocycles. The summed E-state index contributed by atoms with van der Waals surface area (Å²) < 4.78 is 4.23. The number of carbonyl (C=O) groups excluding carboxylic acids is 4. The Morgan fingerprint density at radius 3 is 0.713 bits per heavy atom. The molecule has 1 radical (unpaired) electrons. The second-order valence-electron chi connectivity index (χ2n) is 37.8. The Morgan fingerprint density at radius 1 is 0.310 bits per heavy atom. The van der Waals surface area contributed by atoms with Gasteiger partial charge in [0.05, 0.1) is 72.2 Å². The van der Waals surface area contributed by atoms with Gasteiger partial charge < -0.3 is 19.6 Å². The van der Waals surface area contributed by atoms with Crippen LogP contribution in [0.3, 0.4) is 0 Å². The second-order valence-corrected chi connectivity index (χ2v) is 46.5. The summed E-state index contributed by atoms with van der Waals surface area (Å²) in [5, 5.41) is 4.62. The zero-order valence-corrected chi connectivity index (χ0v) is 92.6. The summed E-state index contributed by atoms with van der Waals surface area (Å²) in [4.78, 5) is 73.3. The number of thiophene rings is 4. The zero-order valence-electron chi connectivity index (χ0n) is 83.0. The number of rotatable bonds is 72. The fourth-order valence-corrected chi connectivity index (χ4v) is 24.8. The average molecular weight is 2060 g/mol. The van der Waals surface area contributed by atoms with Crippen LogP contribution in [0.1, 0.15) is 484 Å². The molecular formula is C109H176BBr2Cl3N5O4S5. The first-order valence-corrected chi connectivity index (χ1v) is 59.4. The van der Waals surface area contributed by atoms with E-state index in [0.717, 1.165) is 165 Å². The van der Waals surface area contributed by atoms with E-state index >= 15 is 19.2 Å². The van der Waals surface area contributed by atoms with Gasteiger partial charge in [-0.05, 0) is 190 Å². The summed E-state index contributed by atoms with van der Waals surface area (Å²) in [5.74, 6) is 1.77. The molecule has 4 unspecified atom stereocenters. The number of carbonyl (C=O) groups is 4. The Balaban J connectivity index is 0.000000426. The van der Waals surface area contributed by atoms with E-state index in [1.54, 1.807) is 45.3 Å². The molecule has 0 N–H and O–H groups in total. The third-order valence-electron chi connectivity index (χ3n) is 27.3. The molecule has 8 rings (SSSR count). The summed E-state index contributed by atoms with van der Waals surface area (Å²) in [7, 11) is 4.34. The molecule has 0 spiro atoms. The predicted octanol–water partition coefficient (Wildman–Crippen LogP) is 37.6. The molecule has 0 saturated heterocycles. The number of fused-ring (bicyclic) bond motifs is 2. The van der Waals surface area contributed by atoms with Gasteiger partial charge in [-0.1, -0.05) is 426 Å². The SMILES string of the molecule is CCCCCCCCCCCCc1cc(C2=C3C(=O)N(CC(CC)CCCC)C(c4cc(CCCCCCCCCCCC)c(Br)s4)=C3C(=O)N2CC(CC)CCCC)sc1Br.CCCCCCCCCCCCc1csc(C2=C3C(=O)N(CC(CC)CCCC)C(c4cc(CCCCCCCCCCCC)cs4)=C3C(=O)N2CC(CC)CCCC)c1.ClC(Cl)Cl.[B]=NS. The average Bonchev–Trinajstić information content (AvgIpc) is 1.56. The zero-order chi connectivity index (χ0) is 93.9. The van der Waals surface area contributed by atoms with Crippen LogP contribution in [-0.4, -0.2) is 81.3 Å². The van der Waals surface area contributed by atoms with Crippen molar-refractivity contribution in [1.29, 1.82) is 0 Å². The number of alkyl halides is 3. The first-order chi connectivity index (χ1) is 62.8. The van der Waals surface area contributed by atoms with Crippen molar-refractivity contribution in [2.24, 2.45) is 28.0 Å². The number of aryl methyl sites for hydroxylation is 4. The Bertz CT molecular complexity index is 3660. The van der Waals surface area contributed by atoms with E-state index in [-0.39, 0.29) is 23.6 Å². The van der Waals surface area contributed by atoms with Crippen molar-refractivity contribution in [3.63, 3.8) is 0 Å². The molecule has 8 heterocycles. The Labute approximate surface area is 843 Å². The number of nitrogens with zero attached hydrogens (tertiary/aromatic N) is 5. The van der Waals surface area contributed by atoms with Gasteiger partial charge in [0.1, 0.15) is 0 Å². The molecule has 4 aliphatic heterocycles. The maximum absolute atomic E-state index is 15.3. The fourth-order valence-electron chi connectivity index (χ4n) is 19.1. The monoisotopic (exact) mass is 2050 g/mol. The van der Waals surface area contributed by atoms with Gasteiger partial charge in [-0.25, -0.2) is 0 Å². The fraction of sp³-hybridized carbons (Fsp3) is 0.743. The van der Waals surface area contributed by atoms with Crippen LogP contribution in [0.15, 0.2) is 69.2 Å². The summed E-state index contributed by atoms with van der Waals surface area (Å²) in [6, 6.07) is 9.30. The Kier molecular flexibility index (Phi) is 64.7. The van der Waals surface area contributed by atoms with Gasteiger partial charge >= 0.3 is 24.8 Å². The van der Waals surface area contributed by atoms with E-state index < -0.39 is 4.30 Å². The van der Waals surface area contributed by atoms with Crippen LogP contribution in [0.5, 0.6) is 0 Å². The maximum atomic E-state index is 15.3. The molecule has 4 amide bonds. The minimum atomic E-state index is -0.750. The molecule has 729 valence electrons. The van der Waals surface area contributed by atoms with E-state index in [1.165, 1.54) is 292 Å².